The smallest absolute Gasteiger partial charge is 0.221 e. The molecule has 19 heavy (non-hydrogen) atoms. The Kier molecular flexibility index (Phi) is 6.15. The third kappa shape index (κ3) is 5.61. The number of benzene rings is 1. The Bertz CT molecular complexity index is 401. The van der Waals surface area contributed by atoms with Crippen molar-refractivity contribution in [1.82, 2.24) is 10.6 Å². The Morgan fingerprint density at radius 1 is 1.21 bits per heavy atom. The summed E-state index contributed by atoms with van der Waals surface area (Å²) >= 11 is 0. The van der Waals surface area contributed by atoms with Crippen LogP contribution < -0.4 is 10.6 Å². The Labute approximate surface area is 113 Å². The van der Waals surface area contributed by atoms with E-state index in [1.165, 1.54) is 6.07 Å². The van der Waals surface area contributed by atoms with E-state index >= 15 is 0 Å². The number of rotatable bonds is 7. The molecule has 0 fully saturated rings. The minimum absolute atomic E-state index is 0.0281. The summed E-state index contributed by atoms with van der Waals surface area (Å²) in [6.07, 6.45) is 1.34. The molecular weight excluding hydrogens is 244 g/mol. The van der Waals surface area contributed by atoms with Crippen LogP contribution in [0.25, 0.3) is 0 Å². The Hall–Kier alpha value is -1.75. The van der Waals surface area contributed by atoms with E-state index in [-0.39, 0.29) is 23.4 Å². The van der Waals surface area contributed by atoms with Crippen molar-refractivity contribution in [2.24, 2.45) is 0 Å². The van der Waals surface area contributed by atoms with E-state index in [1.807, 2.05) is 13.8 Å². The summed E-state index contributed by atoms with van der Waals surface area (Å²) < 4.78 is 0. The molecule has 0 aliphatic rings. The molecule has 0 saturated carbocycles. The van der Waals surface area contributed by atoms with Gasteiger partial charge in [-0.3, -0.25) is 4.79 Å². The average Bonchev–Trinajstić information content (AvgIpc) is 2.35. The van der Waals surface area contributed by atoms with Crippen molar-refractivity contribution >= 4 is 5.91 Å². The van der Waals surface area contributed by atoms with E-state index in [9.17, 15) is 15.0 Å². The van der Waals surface area contributed by atoms with Gasteiger partial charge in [0.25, 0.3) is 0 Å². The highest BCUT2D eigenvalue weighted by Crippen LogP contribution is 2.24. The van der Waals surface area contributed by atoms with Crippen molar-refractivity contribution in [3.8, 4) is 11.5 Å². The van der Waals surface area contributed by atoms with Gasteiger partial charge in [0.05, 0.1) is 0 Å². The molecule has 1 aromatic rings. The third-order valence-electron chi connectivity index (χ3n) is 2.80. The molecule has 1 rings (SSSR count). The summed E-state index contributed by atoms with van der Waals surface area (Å²) in [7, 11) is 0. The summed E-state index contributed by atoms with van der Waals surface area (Å²) in [6.45, 7) is 5.18. The maximum absolute atomic E-state index is 11.4. The molecule has 1 aromatic carbocycles. The Morgan fingerprint density at radius 2 is 1.84 bits per heavy atom. The van der Waals surface area contributed by atoms with E-state index in [1.54, 1.807) is 12.1 Å². The second kappa shape index (κ2) is 7.63. The van der Waals surface area contributed by atoms with Gasteiger partial charge in [-0.05, 0) is 31.0 Å². The highest BCUT2D eigenvalue weighted by Gasteiger charge is 2.08. The van der Waals surface area contributed by atoms with Crippen LogP contribution in [-0.2, 0) is 4.79 Å². The fraction of sp³-hybridized carbons (Fsp3) is 0.500. The zero-order valence-corrected chi connectivity index (χ0v) is 11.4. The number of carbonyl (C=O) groups is 1. The van der Waals surface area contributed by atoms with E-state index in [0.717, 1.165) is 12.0 Å². The van der Waals surface area contributed by atoms with Gasteiger partial charge in [-0.1, -0.05) is 6.92 Å². The van der Waals surface area contributed by atoms with Crippen LogP contribution in [0.2, 0.25) is 0 Å². The Morgan fingerprint density at radius 3 is 2.42 bits per heavy atom. The number of hydrogen-bond acceptors (Lipinski definition) is 4. The van der Waals surface area contributed by atoms with Crippen molar-refractivity contribution in [2.75, 3.05) is 13.1 Å². The molecule has 106 valence electrons. The molecule has 5 nitrogen and oxygen atoms in total. The second-order valence-electron chi connectivity index (χ2n) is 4.56. The van der Waals surface area contributed by atoms with Gasteiger partial charge < -0.3 is 20.8 Å². The van der Waals surface area contributed by atoms with Gasteiger partial charge in [0.1, 0.15) is 11.5 Å². The first-order chi connectivity index (χ1) is 9.02. The molecule has 1 unspecified atom stereocenters. The zero-order chi connectivity index (χ0) is 14.3. The molecule has 5 heteroatoms. The standard InChI is InChI=1S/C14H22N2O3/c1-3-5-16-14(19)4-6-15-10(2)11-7-12(17)9-13(18)8-11/h7-10,15,17-18H,3-6H2,1-2H3,(H,16,19). The molecule has 0 aliphatic carbocycles. The number of phenols is 2. The third-order valence-corrected chi connectivity index (χ3v) is 2.80. The summed E-state index contributed by atoms with van der Waals surface area (Å²) in [5.41, 5.74) is 0.784. The molecule has 0 spiro atoms. The van der Waals surface area contributed by atoms with Gasteiger partial charge in [-0.25, -0.2) is 0 Å². The molecule has 0 bridgehead atoms. The number of nitrogens with one attached hydrogen (secondary N) is 2. The minimum Gasteiger partial charge on any atom is -0.508 e. The predicted octanol–water partition coefficient (Wildman–Crippen LogP) is 1.66. The molecule has 0 saturated heterocycles. The maximum Gasteiger partial charge on any atom is 0.221 e. The van der Waals surface area contributed by atoms with Gasteiger partial charge >= 0.3 is 0 Å². The lowest BCUT2D eigenvalue weighted by atomic mass is 10.1. The first-order valence-electron chi connectivity index (χ1n) is 6.56. The molecule has 0 aliphatic heterocycles. The topological polar surface area (TPSA) is 81.6 Å². The van der Waals surface area contributed by atoms with Crippen LogP contribution in [0.4, 0.5) is 0 Å². The molecule has 0 radical (unpaired) electrons. The largest absolute Gasteiger partial charge is 0.508 e. The first-order valence-corrected chi connectivity index (χ1v) is 6.56. The van der Waals surface area contributed by atoms with Gasteiger partial charge in [0.15, 0.2) is 0 Å². The Balaban J connectivity index is 2.38. The molecule has 1 amide bonds. The lowest BCUT2D eigenvalue weighted by molar-refractivity contribution is -0.121. The summed E-state index contributed by atoms with van der Waals surface area (Å²) in [4.78, 5) is 11.4. The van der Waals surface area contributed by atoms with Gasteiger partial charge in [0.2, 0.25) is 5.91 Å². The quantitative estimate of drug-likeness (QED) is 0.605. The SMILES string of the molecule is CCCNC(=O)CCNC(C)c1cc(O)cc(O)c1. The van der Waals surface area contributed by atoms with Crippen LogP contribution >= 0.6 is 0 Å². The predicted molar refractivity (Wildman–Crippen MR) is 74.1 cm³/mol. The van der Waals surface area contributed by atoms with Gasteiger partial charge in [0, 0.05) is 31.6 Å². The molecule has 4 N–H and O–H groups in total. The monoisotopic (exact) mass is 266 g/mol. The fourth-order valence-electron chi connectivity index (χ4n) is 1.74. The normalized spacial score (nSPS) is 12.1. The molecule has 1 atom stereocenters. The summed E-state index contributed by atoms with van der Waals surface area (Å²) in [5, 5.41) is 24.8. The van der Waals surface area contributed by atoms with Crippen LogP contribution in [0.5, 0.6) is 11.5 Å². The van der Waals surface area contributed by atoms with E-state index < -0.39 is 0 Å². The van der Waals surface area contributed by atoms with E-state index in [4.69, 9.17) is 0 Å². The minimum atomic E-state index is -0.0445. The number of hydrogen-bond donors (Lipinski definition) is 4. The van der Waals surface area contributed by atoms with Crippen molar-refractivity contribution in [2.45, 2.75) is 32.7 Å². The van der Waals surface area contributed by atoms with Crippen LogP contribution in [0.15, 0.2) is 18.2 Å². The van der Waals surface area contributed by atoms with Crippen LogP contribution in [-0.4, -0.2) is 29.2 Å². The molecular formula is C14H22N2O3. The van der Waals surface area contributed by atoms with Crippen LogP contribution in [0.3, 0.4) is 0 Å². The average molecular weight is 266 g/mol. The number of phenolic OH excluding ortho intramolecular Hbond substituents is 2. The number of aromatic hydroxyl groups is 2. The second-order valence-corrected chi connectivity index (χ2v) is 4.56. The van der Waals surface area contributed by atoms with Crippen molar-refractivity contribution in [3.63, 3.8) is 0 Å². The lowest BCUT2D eigenvalue weighted by Crippen LogP contribution is -2.29. The summed E-state index contributed by atoms with van der Waals surface area (Å²) in [6, 6.07) is 4.43. The van der Waals surface area contributed by atoms with Crippen molar-refractivity contribution in [1.29, 1.82) is 0 Å². The molecule has 0 heterocycles. The molecule has 0 aromatic heterocycles. The maximum atomic E-state index is 11.4. The van der Waals surface area contributed by atoms with Crippen LogP contribution in [0, 0.1) is 0 Å². The first kappa shape index (κ1) is 15.3. The highest BCUT2D eigenvalue weighted by molar-refractivity contribution is 5.75. The lowest BCUT2D eigenvalue weighted by Gasteiger charge is -2.14. The van der Waals surface area contributed by atoms with E-state index in [0.29, 0.717) is 19.5 Å². The van der Waals surface area contributed by atoms with Crippen molar-refractivity contribution < 1.29 is 15.0 Å². The highest BCUT2D eigenvalue weighted by atomic mass is 16.3. The zero-order valence-electron chi connectivity index (χ0n) is 11.4. The summed E-state index contributed by atoms with van der Waals surface area (Å²) in [5.74, 6) is 0.0917. The van der Waals surface area contributed by atoms with Crippen molar-refractivity contribution in [3.05, 3.63) is 23.8 Å². The van der Waals surface area contributed by atoms with Gasteiger partial charge in [-0.15, -0.1) is 0 Å². The number of amides is 1. The van der Waals surface area contributed by atoms with Gasteiger partial charge in [-0.2, -0.15) is 0 Å². The van der Waals surface area contributed by atoms with E-state index in [2.05, 4.69) is 10.6 Å². The fourth-order valence-corrected chi connectivity index (χ4v) is 1.74. The van der Waals surface area contributed by atoms with Crippen LogP contribution in [0.1, 0.15) is 38.3 Å². The number of carbonyl (C=O) groups excluding carboxylic acids is 1.